The average molecular weight is 331 g/mol. The molecule has 0 aliphatic rings. The second kappa shape index (κ2) is 7.85. The van der Waals surface area contributed by atoms with Crippen molar-refractivity contribution >= 4 is 27.5 Å². The Balaban J connectivity index is 2.61. The Kier molecular flexibility index (Phi) is 6.44. The van der Waals surface area contributed by atoms with E-state index in [0.29, 0.717) is 30.9 Å². The molecule has 0 saturated heterocycles. The fourth-order valence-electron chi connectivity index (χ4n) is 1.46. The van der Waals surface area contributed by atoms with Crippen LogP contribution in [0.5, 0.6) is 0 Å². The van der Waals surface area contributed by atoms with Crippen molar-refractivity contribution in [2.75, 3.05) is 25.1 Å². The third-order valence-electron chi connectivity index (χ3n) is 2.43. The summed E-state index contributed by atoms with van der Waals surface area (Å²) in [7, 11) is 0. The molecule has 0 heterocycles. The van der Waals surface area contributed by atoms with Crippen LogP contribution in [0.3, 0.4) is 0 Å². The van der Waals surface area contributed by atoms with Crippen LogP contribution in [0.15, 0.2) is 18.2 Å². The highest BCUT2D eigenvalue weighted by Crippen LogP contribution is 2.17. The molecule has 1 aromatic carbocycles. The molecule has 0 aliphatic carbocycles. The van der Waals surface area contributed by atoms with E-state index in [1.807, 2.05) is 0 Å². The van der Waals surface area contributed by atoms with E-state index in [1.165, 1.54) is 12.1 Å². The minimum absolute atomic E-state index is 0.0914. The largest absolute Gasteiger partial charge is 0.379 e. The number of nitrogens with zero attached hydrogens (tertiary/aromatic N) is 1. The summed E-state index contributed by atoms with van der Waals surface area (Å²) in [6.45, 7) is 3.09. The number of hydrogen-bond donors (Lipinski definition) is 1. The van der Waals surface area contributed by atoms with Crippen molar-refractivity contribution in [3.8, 4) is 0 Å². The van der Waals surface area contributed by atoms with Gasteiger partial charge in [-0.25, -0.2) is 0 Å². The van der Waals surface area contributed by atoms with E-state index in [1.54, 1.807) is 13.0 Å². The van der Waals surface area contributed by atoms with Crippen molar-refractivity contribution in [2.24, 2.45) is 0 Å². The van der Waals surface area contributed by atoms with Crippen LogP contribution >= 0.6 is 15.9 Å². The van der Waals surface area contributed by atoms with E-state index >= 15 is 0 Å². The van der Waals surface area contributed by atoms with E-state index in [4.69, 9.17) is 4.74 Å². The number of non-ortho nitro benzene ring substituents is 1. The summed E-state index contributed by atoms with van der Waals surface area (Å²) >= 11 is 3.22. The highest BCUT2D eigenvalue weighted by atomic mass is 79.9. The van der Waals surface area contributed by atoms with Crippen LogP contribution in [0.25, 0.3) is 0 Å². The molecule has 0 aliphatic heterocycles. The van der Waals surface area contributed by atoms with Crippen LogP contribution in [0.2, 0.25) is 0 Å². The van der Waals surface area contributed by atoms with Gasteiger partial charge in [0, 0.05) is 29.6 Å². The number of carbonyl (C=O) groups excluding carboxylic acids is 1. The molecule has 0 radical (unpaired) electrons. The van der Waals surface area contributed by atoms with Gasteiger partial charge in [0.25, 0.3) is 11.6 Å². The van der Waals surface area contributed by atoms with Crippen molar-refractivity contribution in [2.45, 2.75) is 6.92 Å². The van der Waals surface area contributed by atoms with Gasteiger partial charge in [0.15, 0.2) is 0 Å². The van der Waals surface area contributed by atoms with E-state index in [9.17, 15) is 14.9 Å². The second-order valence-electron chi connectivity index (χ2n) is 3.81. The van der Waals surface area contributed by atoms with Gasteiger partial charge < -0.3 is 10.1 Å². The van der Waals surface area contributed by atoms with Gasteiger partial charge in [-0.3, -0.25) is 14.9 Å². The average Bonchev–Trinajstić information content (AvgIpc) is 2.38. The fourth-order valence-corrected chi connectivity index (χ4v) is 1.69. The SMILES string of the molecule is Cc1ccc([N+](=O)[O-])cc1C(=O)NCCOCCBr. The lowest BCUT2D eigenvalue weighted by molar-refractivity contribution is -0.384. The Morgan fingerprint density at radius 2 is 2.21 bits per heavy atom. The minimum Gasteiger partial charge on any atom is -0.379 e. The number of aryl methyl sites for hydroxylation is 1. The van der Waals surface area contributed by atoms with Gasteiger partial charge in [-0.15, -0.1) is 0 Å². The predicted octanol–water partition coefficient (Wildman–Crippen LogP) is 2.04. The van der Waals surface area contributed by atoms with E-state index in [2.05, 4.69) is 21.2 Å². The number of nitrogens with one attached hydrogen (secondary N) is 1. The van der Waals surface area contributed by atoms with Gasteiger partial charge in [0.05, 0.1) is 18.1 Å². The Morgan fingerprint density at radius 3 is 2.84 bits per heavy atom. The van der Waals surface area contributed by atoms with Crippen molar-refractivity contribution < 1.29 is 14.5 Å². The van der Waals surface area contributed by atoms with Gasteiger partial charge in [-0.05, 0) is 12.5 Å². The lowest BCUT2D eigenvalue weighted by Gasteiger charge is -2.07. The number of ether oxygens (including phenoxy) is 1. The summed E-state index contributed by atoms with van der Waals surface area (Å²) in [4.78, 5) is 22.0. The molecular weight excluding hydrogens is 316 g/mol. The van der Waals surface area contributed by atoms with Crippen molar-refractivity contribution in [3.63, 3.8) is 0 Å². The number of amides is 1. The first-order chi connectivity index (χ1) is 9.06. The maximum absolute atomic E-state index is 11.9. The van der Waals surface area contributed by atoms with Crippen molar-refractivity contribution in [3.05, 3.63) is 39.4 Å². The zero-order valence-electron chi connectivity index (χ0n) is 10.5. The maximum atomic E-state index is 11.9. The van der Waals surface area contributed by atoms with E-state index < -0.39 is 4.92 Å². The van der Waals surface area contributed by atoms with Crippen LogP contribution in [0, 0.1) is 17.0 Å². The molecule has 0 spiro atoms. The molecule has 1 amide bonds. The van der Waals surface area contributed by atoms with Crippen LogP contribution in [-0.4, -0.2) is 35.9 Å². The number of benzene rings is 1. The normalized spacial score (nSPS) is 10.2. The Hall–Kier alpha value is -1.47. The summed E-state index contributed by atoms with van der Waals surface area (Å²) in [6, 6.07) is 4.23. The second-order valence-corrected chi connectivity index (χ2v) is 4.61. The Labute approximate surface area is 119 Å². The fraction of sp³-hybridized carbons (Fsp3) is 0.417. The molecule has 0 atom stereocenters. The molecule has 0 saturated carbocycles. The van der Waals surface area contributed by atoms with Gasteiger partial charge in [-0.1, -0.05) is 22.0 Å². The van der Waals surface area contributed by atoms with Gasteiger partial charge in [-0.2, -0.15) is 0 Å². The van der Waals surface area contributed by atoms with E-state index in [-0.39, 0.29) is 11.6 Å². The summed E-state index contributed by atoms with van der Waals surface area (Å²) in [5.41, 5.74) is 0.922. The third kappa shape index (κ3) is 4.96. The molecule has 1 aromatic rings. The zero-order valence-corrected chi connectivity index (χ0v) is 12.1. The summed E-state index contributed by atoms with van der Waals surface area (Å²) in [5.74, 6) is -0.330. The number of halogens is 1. The highest BCUT2D eigenvalue weighted by molar-refractivity contribution is 9.09. The molecule has 0 unspecified atom stereocenters. The lowest BCUT2D eigenvalue weighted by Crippen LogP contribution is -2.28. The molecule has 6 nitrogen and oxygen atoms in total. The molecule has 0 aromatic heterocycles. The maximum Gasteiger partial charge on any atom is 0.270 e. The predicted molar refractivity (Wildman–Crippen MR) is 74.8 cm³/mol. The summed E-state index contributed by atoms with van der Waals surface area (Å²) < 4.78 is 5.19. The standard InChI is InChI=1S/C12H15BrN2O4/c1-9-2-3-10(15(17)18)8-11(9)12(16)14-5-7-19-6-4-13/h2-3,8H,4-7H2,1H3,(H,14,16). The van der Waals surface area contributed by atoms with Crippen LogP contribution < -0.4 is 5.32 Å². The van der Waals surface area contributed by atoms with Crippen molar-refractivity contribution in [1.82, 2.24) is 5.32 Å². The van der Waals surface area contributed by atoms with Gasteiger partial charge >= 0.3 is 0 Å². The van der Waals surface area contributed by atoms with Crippen LogP contribution in [0.4, 0.5) is 5.69 Å². The first-order valence-electron chi connectivity index (χ1n) is 5.73. The molecule has 0 fully saturated rings. The molecule has 19 heavy (non-hydrogen) atoms. The van der Waals surface area contributed by atoms with E-state index in [0.717, 1.165) is 5.33 Å². The smallest absolute Gasteiger partial charge is 0.270 e. The number of rotatable bonds is 7. The Morgan fingerprint density at radius 1 is 1.47 bits per heavy atom. The molecular formula is C12H15BrN2O4. The number of nitro benzene ring substituents is 1. The lowest BCUT2D eigenvalue weighted by atomic mass is 10.1. The minimum atomic E-state index is -0.519. The molecule has 1 rings (SSSR count). The summed E-state index contributed by atoms with van der Waals surface area (Å²) in [6.07, 6.45) is 0. The molecule has 7 heteroatoms. The molecule has 1 N–H and O–H groups in total. The zero-order chi connectivity index (χ0) is 14.3. The molecule has 104 valence electrons. The van der Waals surface area contributed by atoms with Gasteiger partial charge in [0.2, 0.25) is 0 Å². The number of hydrogen-bond acceptors (Lipinski definition) is 4. The summed E-state index contributed by atoms with van der Waals surface area (Å²) in [5, 5.41) is 14.1. The van der Waals surface area contributed by atoms with Gasteiger partial charge in [0.1, 0.15) is 0 Å². The molecule has 0 bridgehead atoms. The Bertz CT molecular complexity index is 465. The van der Waals surface area contributed by atoms with Crippen LogP contribution in [-0.2, 0) is 4.74 Å². The quantitative estimate of drug-likeness (QED) is 0.359. The first kappa shape index (κ1) is 15.6. The number of alkyl halides is 1. The highest BCUT2D eigenvalue weighted by Gasteiger charge is 2.14. The third-order valence-corrected chi connectivity index (χ3v) is 2.75. The van der Waals surface area contributed by atoms with Crippen molar-refractivity contribution in [1.29, 1.82) is 0 Å². The number of carbonyl (C=O) groups is 1. The topological polar surface area (TPSA) is 81.5 Å². The number of nitro groups is 1. The first-order valence-corrected chi connectivity index (χ1v) is 6.85. The monoisotopic (exact) mass is 330 g/mol. The van der Waals surface area contributed by atoms with Crippen LogP contribution in [0.1, 0.15) is 15.9 Å².